The minimum Gasteiger partial charge on any atom is -0.544 e. The molecule has 0 radical (unpaired) electrons. The Hall–Kier alpha value is -5.68. The SMILES string of the molecule is CC(C)(C)c1cc(NC(=O)Nc2ccc(Oc3ccnc(Nc4ccccc4)n3)c3ccccc23)n(-c2ccc(O[Si](C)(C)C(C)(C)C)cc2)n1. The lowest BCUT2D eigenvalue weighted by Crippen LogP contribution is -2.43. The number of nitrogens with one attached hydrogen (secondary N) is 3. The molecule has 2 heterocycles. The van der Waals surface area contributed by atoms with Gasteiger partial charge in [0.2, 0.25) is 20.1 Å². The van der Waals surface area contributed by atoms with Crippen molar-refractivity contribution >= 4 is 48.3 Å². The highest BCUT2D eigenvalue weighted by molar-refractivity contribution is 6.74. The lowest BCUT2D eigenvalue weighted by molar-refractivity contribution is 0.262. The van der Waals surface area contributed by atoms with Crippen molar-refractivity contribution in [2.75, 3.05) is 16.0 Å². The van der Waals surface area contributed by atoms with Crippen molar-refractivity contribution in [3.05, 3.63) is 115 Å². The van der Waals surface area contributed by atoms with Crippen LogP contribution in [-0.2, 0) is 5.41 Å². The van der Waals surface area contributed by atoms with E-state index in [4.69, 9.17) is 14.3 Å². The zero-order chi connectivity index (χ0) is 36.4. The number of rotatable bonds is 9. The van der Waals surface area contributed by atoms with Gasteiger partial charge in [-0.25, -0.2) is 14.5 Å². The first kappa shape index (κ1) is 35.2. The van der Waals surface area contributed by atoms with Crippen molar-refractivity contribution in [3.63, 3.8) is 0 Å². The Labute approximate surface area is 300 Å². The van der Waals surface area contributed by atoms with Gasteiger partial charge in [-0.1, -0.05) is 84.0 Å². The summed E-state index contributed by atoms with van der Waals surface area (Å²) in [7, 11) is -2.00. The van der Waals surface area contributed by atoms with Gasteiger partial charge in [0.05, 0.1) is 17.1 Å². The van der Waals surface area contributed by atoms with Crippen LogP contribution in [0.1, 0.15) is 47.2 Å². The summed E-state index contributed by atoms with van der Waals surface area (Å²) in [6, 6.07) is 32.2. The van der Waals surface area contributed by atoms with Crippen molar-refractivity contribution in [2.45, 2.75) is 65.1 Å². The minimum atomic E-state index is -2.00. The number of anilines is 4. The first-order valence-corrected chi connectivity index (χ1v) is 19.9. The summed E-state index contributed by atoms with van der Waals surface area (Å²) in [4.78, 5) is 22.5. The molecule has 0 aliphatic rings. The van der Waals surface area contributed by atoms with Gasteiger partial charge < -0.3 is 19.8 Å². The fourth-order valence-corrected chi connectivity index (χ4v) is 6.13. The number of nitrogens with zero attached hydrogens (tertiary/aromatic N) is 4. The summed E-state index contributed by atoms with van der Waals surface area (Å²) in [5.74, 6) is 2.76. The number of benzene rings is 4. The highest BCUT2D eigenvalue weighted by Crippen LogP contribution is 2.38. The van der Waals surface area contributed by atoms with E-state index in [0.29, 0.717) is 29.1 Å². The van der Waals surface area contributed by atoms with Crippen molar-refractivity contribution < 1.29 is 14.0 Å². The molecule has 0 bridgehead atoms. The molecule has 2 aromatic heterocycles. The number of hydrogen-bond donors (Lipinski definition) is 3. The molecule has 0 saturated heterocycles. The van der Waals surface area contributed by atoms with E-state index in [1.54, 1.807) is 16.9 Å². The third kappa shape index (κ3) is 8.21. The molecule has 3 N–H and O–H groups in total. The molecule has 0 unspecified atom stereocenters. The van der Waals surface area contributed by atoms with Crippen LogP contribution in [-0.4, -0.2) is 34.1 Å². The van der Waals surface area contributed by atoms with Gasteiger partial charge in [0.25, 0.3) is 0 Å². The lowest BCUT2D eigenvalue weighted by atomic mass is 9.92. The van der Waals surface area contributed by atoms with Crippen LogP contribution in [0.2, 0.25) is 18.1 Å². The van der Waals surface area contributed by atoms with Gasteiger partial charge >= 0.3 is 6.03 Å². The Balaban J connectivity index is 1.22. The van der Waals surface area contributed by atoms with Gasteiger partial charge in [-0.3, -0.25) is 5.32 Å². The van der Waals surface area contributed by atoms with Gasteiger partial charge in [0, 0.05) is 40.2 Å². The van der Waals surface area contributed by atoms with Crippen LogP contribution in [0.3, 0.4) is 0 Å². The number of carbonyl (C=O) groups excluding carboxylic acids is 1. The molecule has 262 valence electrons. The molecule has 11 heteroatoms. The Morgan fingerprint density at radius 2 is 1.47 bits per heavy atom. The number of fused-ring (bicyclic) bond motifs is 1. The van der Waals surface area contributed by atoms with E-state index in [2.05, 4.69) is 80.6 Å². The second-order valence-corrected chi connectivity index (χ2v) is 19.7. The monoisotopic (exact) mass is 699 g/mol. The average molecular weight is 700 g/mol. The van der Waals surface area contributed by atoms with Crippen LogP contribution < -0.4 is 25.1 Å². The Kier molecular flexibility index (Phi) is 9.59. The molecular weight excluding hydrogens is 655 g/mol. The first-order chi connectivity index (χ1) is 24.2. The Morgan fingerprint density at radius 1 is 0.784 bits per heavy atom. The van der Waals surface area contributed by atoms with Gasteiger partial charge in [0.15, 0.2) is 0 Å². The topological polar surface area (TPSA) is 115 Å². The molecule has 0 fully saturated rings. The number of carbonyl (C=O) groups is 1. The maximum Gasteiger partial charge on any atom is 0.324 e. The second kappa shape index (κ2) is 13.9. The predicted molar refractivity (Wildman–Crippen MR) is 209 cm³/mol. The minimum absolute atomic E-state index is 0.0830. The van der Waals surface area contributed by atoms with Gasteiger partial charge in [-0.05, 0) is 66.7 Å². The van der Waals surface area contributed by atoms with Gasteiger partial charge in [0.1, 0.15) is 17.3 Å². The number of ether oxygens (including phenoxy) is 1. The van der Waals surface area contributed by atoms with Gasteiger partial charge in [-0.2, -0.15) is 10.1 Å². The number of hydrogen-bond acceptors (Lipinski definition) is 7. The zero-order valence-electron chi connectivity index (χ0n) is 30.4. The van der Waals surface area contributed by atoms with E-state index in [0.717, 1.165) is 33.6 Å². The maximum atomic E-state index is 13.6. The summed E-state index contributed by atoms with van der Waals surface area (Å²) >= 11 is 0. The van der Waals surface area contributed by atoms with E-state index in [1.165, 1.54) is 0 Å². The maximum absolute atomic E-state index is 13.6. The summed E-state index contributed by atoms with van der Waals surface area (Å²) in [5.41, 5.74) is 2.91. The number of urea groups is 1. The van der Waals surface area contributed by atoms with Crippen molar-refractivity contribution in [1.29, 1.82) is 0 Å². The molecular formula is C40H45N7O3Si. The fraction of sp³-hybridized carbons (Fsp3) is 0.250. The molecule has 6 rings (SSSR count). The molecule has 51 heavy (non-hydrogen) atoms. The van der Waals surface area contributed by atoms with Crippen molar-refractivity contribution in [2.24, 2.45) is 0 Å². The average Bonchev–Trinajstić information content (AvgIpc) is 3.50. The molecule has 0 aliphatic heterocycles. The Bertz CT molecular complexity index is 2150. The highest BCUT2D eigenvalue weighted by atomic mass is 28.4. The molecule has 6 aromatic rings. The summed E-state index contributed by atoms with van der Waals surface area (Å²) in [6.07, 6.45) is 1.64. The lowest BCUT2D eigenvalue weighted by Gasteiger charge is -2.36. The van der Waals surface area contributed by atoms with Crippen LogP contribution in [0.5, 0.6) is 17.4 Å². The molecule has 0 saturated carbocycles. The standard InChI is InChI=1S/C40H45N7O3Si/c1-39(2,3)34-26-35(47(46-34)28-18-20-29(21-19-28)50-51(7,8)40(4,5)6)44-38(48)43-32-22-23-33(31-17-13-12-16-30(31)32)49-36-24-25-41-37(45-36)42-27-14-10-9-11-15-27/h9-26H,1-8H3,(H,41,42,45)(H2,43,44,48). The molecule has 0 aliphatic carbocycles. The van der Waals surface area contributed by atoms with Crippen LogP contribution in [0.15, 0.2) is 109 Å². The highest BCUT2D eigenvalue weighted by Gasteiger charge is 2.39. The molecule has 4 aromatic carbocycles. The van der Waals surface area contributed by atoms with E-state index in [-0.39, 0.29) is 10.5 Å². The summed E-state index contributed by atoms with van der Waals surface area (Å²) in [5, 5.41) is 15.9. The van der Waals surface area contributed by atoms with Crippen LogP contribution in [0.25, 0.3) is 16.5 Å². The number of aromatic nitrogens is 4. The summed E-state index contributed by atoms with van der Waals surface area (Å²) in [6.45, 7) is 17.4. The second-order valence-electron chi connectivity index (χ2n) is 15.0. The van der Waals surface area contributed by atoms with Gasteiger partial charge in [-0.15, -0.1) is 0 Å². The largest absolute Gasteiger partial charge is 0.544 e. The molecule has 0 spiro atoms. The number of para-hydroxylation sites is 1. The third-order valence-electron chi connectivity index (χ3n) is 8.99. The van der Waals surface area contributed by atoms with Crippen molar-refractivity contribution in [3.8, 4) is 23.1 Å². The van der Waals surface area contributed by atoms with Crippen LogP contribution >= 0.6 is 0 Å². The fourth-order valence-electron chi connectivity index (χ4n) is 5.10. The molecule has 10 nitrogen and oxygen atoms in total. The van der Waals surface area contributed by atoms with E-state index in [9.17, 15) is 4.79 Å². The first-order valence-electron chi connectivity index (χ1n) is 17.0. The quantitative estimate of drug-likeness (QED) is 0.129. The molecule has 0 atom stereocenters. The smallest absolute Gasteiger partial charge is 0.324 e. The Morgan fingerprint density at radius 3 is 2.16 bits per heavy atom. The van der Waals surface area contributed by atoms with Crippen LogP contribution in [0.4, 0.5) is 27.9 Å². The normalized spacial score (nSPS) is 12.0. The zero-order valence-corrected chi connectivity index (χ0v) is 31.4. The third-order valence-corrected chi connectivity index (χ3v) is 13.3. The predicted octanol–water partition coefficient (Wildman–Crippen LogP) is 10.7. The summed E-state index contributed by atoms with van der Waals surface area (Å²) < 4.78 is 14.5. The van der Waals surface area contributed by atoms with E-state index >= 15 is 0 Å². The van der Waals surface area contributed by atoms with E-state index in [1.807, 2.05) is 97.1 Å². The number of amides is 2. The van der Waals surface area contributed by atoms with E-state index < -0.39 is 14.3 Å². The van der Waals surface area contributed by atoms with Crippen LogP contribution in [0, 0.1) is 0 Å². The van der Waals surface area contributed by atoms with Crippen molar-refractivity contribution in [1.82, 2.24) is 19.7 Å². The molecule has 2 amide bonds.